The Morgan fingerprint density at radius 1 is 1.29 bits per heavy atom. The van der Waals surface area contributed by atoms with E-state index in [-0.39, 0.29) is 5.60 Å². The molecule has 2 aliphatic heterocycles. The van der Waals surface area contributed by atoms with Gasteiger partial charge in [0, 0.05) is 25.2 Å². The van der Waals surface area contributed by atoms with Crippen LogP contribution < -0.4 is 5.32 Å². The van der Waals surface area contributed by atoms with E-state index in [0.29, 0.717) is 0 Å². The highest BCUT2D eigenvalue weighted by Crippen LogP contribution is 2.29. The molecule has 2 unspecified atom stereocenters. The van der Waals surface area contributed by atoms with E-state index in [9.17, 15) is 0 Å². The van der Waals surface area contributed by atoms with E-state index in [1.54, 1.807) is 0 Å². The van der Waals surface area contributed by atoms with E-state index in [1.807, 2.05) is 0 Å². The van der Waals surface area contributed by atoms with Gasteiger partial charge in [0.15, 0.2) is 0 Å². The van der Waals surface area contributed by atoms with Crippen molar-refractivity contribution in [1.82, 2.24) is 10.2 Å². The predicted molar refractivity (Wildman–Crippen MR) is 71.3 cm³/mol. The van der Waals surface area contributed by atoms with E-state index in [0.717, 1.165) is 18.7 Å². The first-order valence-corrected chi connectivity index (χ1v) is 7.23. The zero-order chi connectivity index (χ0) is 12.3. The third-order valence-electron chi connectivity index (χ3n) is 4.13. The summed E-state index contributed by atoms with van der Waals surface area (Å²) < 4.78 is 5.84. The van der Waals surface area contributed by atoms with Crippen LogP contribution in [0.2, 0.25) is 0 Å². The van der Waals surface area contributed by atoms with Crippen LogP contribution in [-0.4, -0.2) is 48.8 Å². The Labute approximate surface area is 106 Å². The molecule has 2 fully saturated rings. The van der Waals surface area contributed by atoms with Crippen LogP contribution in [0, 0.1) is 0 Å². The molecule has 0 saturated carbocycles. The molecule has 0 spiro atoms. The summed E-state index contributed by atoms with van der Waals surface area (Å²) in [4.78, 5) is 2.75. The summed E-state index contributed by atoms with van der Waals surface area (Å²) in [6.07, 6.45) is 4.97. The van der Waals surface area contributed by atoms with Crippen LogP contribution in [-0.2, 0) is 4.74 Å². The molecule has 0 aromatic carbocycles. The van der Waals surface area contributed by atoms with Crippen LogP contribution in [0.3, 0.4) is 0 Å². The molecule has 2 heterocycles. The molecule has 0 aromatic heterocycles. The lowest BCUT2D eigenvalue weighted by Gasteiger charge is -2.43. The van der Waals surface area contributed by atoms with Crippen LogP contribution >= 0.6 is 0 Å². The molecule has 100 valence electrons. The second-order valence-electron chi connectivity index (χ2n) is 6.14. The molecule has 0 aliphatic carbocycles. The van der Waals surface area contributed by atoms with E-state index >= 15 is 0 Å². The normalized spacial score (nSPS) is 33.2. The first kappa shape index (κ1) is 13.3. The molecule has 2 saturated heterocycles. The number of ether oxygens (including phenoxy) is 1. The maximum absolute atomic E-state index is 5.84. The second kappa shape index (κ2) is 5.68. The number of nitrogens with zero attached hydrogens (tertiary/aromatic N) is 1. The summed E-state index contributed by atoms with van der Waals surface area (Å²) >= 11 is 0. The van der Waals surface area contributed by atoms with Crippen molar-refractivity contribution in [2.75, 3.05) is 26.2 Å². The van der Waals surface area contributed by atoms with Gasteiger partial charge in [-0.1, -0.05) is 6.92 Å². The van der Waals surface area contributed by atoms with E-state index < -0.39 is 0 Å². The Morgan fingerprint density at radius 2 is 2.12 bits per heavy atom. The smallest absolute Gasteiger partial charge is 0.0641 e. The fraction of sp³-hybridized carbons (Fsp3) is 1.00. The molecule has 0 radical (unpaired) electrons. The Morgan fingerprint density at radius 3 is 2.71 bits per heavy atom. The van der Waals surface area contributed by atoms with Gasteiger partial charge in [0.05, 0.1) is 5.60 Å². The first-order valence-electron chi connectivity index (χ1n) is 7.23. The van der Waals surface area contributed by atoms with Crippen molar-refractivity contribution in [3.05, 3.63) is 0 Å². The highest BCUT2D eigenvalue weighted by molar-refractivity contribution is 4.90. The molecule has 2 rings (SSSR count). The number of nitrogens with one attached hydrogen (secondary N) is 1. The maximum atomic E-state index is 5.84. The van der Waals surface area contributed by atoms with Crippen molar-refractivity contribution in [1.29, 1.82) is 0 Å². The predicted octanol–water partition coefficient (Wildman–Crippen LogP) is 2.02. The second-order valence-corrected chi connectivity index (χ2v) is 6.14. The molecule has 0 bridgehead atoms. The average Bonchev–Trinajstić information content (AvgIpc) is 2.77. The average molecular weight is 240 g/mol. The minimum Gasteiger partial charge on any atom is -0.375 e. The molecule has 3 nitrogen and oxygen atoms in total. The largest absolute Gasteiger partial charge is 0.375 e. The Kier molecular flexibility index (Phi) is 4.45. The Balaban J connectivity index is 1.99. The number of rotatable bonds is 4. The number of hydrogen-bond donors (Lipinski definition) is 1. The van der Waals surface area contributed by atoms with Crippen molar-refractivity contribution in [3.8, 4) is 0 Å². The van der Waals surface area contributed by atoms with Crippen molar-refractivity contribution >= 4 is 0 Å². The fourth-order valence-corrected chi connectivity index (χ4v) is 3.33. The quantitative estimate of drug-likeness (QED) is 0.813. The van der Waals surface area contributed by atoms with Crippen molar-refractivity contribution in [2.45, 2.75) is 64.1 Å². The lowest BCUT2D eigenvalue weighted by Crippen LogP contribution is -2.51. The van der Waals surface area contributed by atoms with Gasteiger partial charge in [0.2, 0.25) is 0 Å². The fourth-order valence-electron chi connectivity index (χ4n) is 3.33. The third kappa shape index (κ3) is 3.43. The van der Waals surface area contributed by atoms with Gasteiger partial charge in [-0.05, 0) is 52.6 Å². The van der Waals surface area contributed by atoms with Gasteiger partial charge in [-0.2, -0.15) is 0 Å². The van der Waals surface area contributed by atoms with Crippen LogP contribution in [0.5, 0.6) is 0 Å². The molecule has 0 amide bonds. The number of hydrogen-bond acceptors (Lipinski definition) is 3. The molecule has 17 heavy (non-hydrogen) atoms. The molecule has 1 N–H and O–H groups in total. The van der Waals surface area contributed by atoms with Gasteiger partial charge < -0.3 is 10.1 Å². The molecule has 3 heteroatoms. The van der Waals surface area contributed by atoms with Gasteiger partial charge in [-0.3, -0.25) is 4.90 Å². The van der Waals surface area contributed by atoms with Gasteiger partial charge in [0.25, 0.3) is 0 Å². The van der Waals surface area contributed by atoms with Gasteiger partial charge in [-0.15, -0.1) is 0 Å². The topological polar surface area (TPSA) is 24.5 Å². The van der Waals surface area contributed by atoms with Crippen molar-refractivity contribution in [3.63, 3.8) is 0 Å². The lowest BCUT2D eigenvalue weighted by atomic mass is 9.91. The summed E-state index contributed by atoms with van der Waals surface area (Å²) in [5.74, 6) is 0. The summed E-state index contributed by atoms with van der Waals surface area (Å²) in [6, 6.07) is 1.48. The van der Waals surface area contributed by atoms with E-state index in [2.05, 4.69) is 31.0 Å². The zero-order valence-corrected chi connectivity index (χ0v) is 11.7. The highest BCUT2D eigenvalue weighted by Gasteiger charge is 2.35. The Hall–Kier alpha value is -0.120. The summed E-state index contributed by atoms with van der Waals surface area (Å²) in [7, 11) is 0. The van der Waals surface area contributed by atoms with E-state index in [1.165, 1.54) is 45.3 Å². The van der Waals surface area contributed by atoms with Crippen LogP contribution in [0.4, 0.5) is 0 Å². The summed E-state index contributed by atoms with van der Waals surface area (Å²) in [6.45, 7) is 11.3. The van der Waals surface area contributed by atoms with Gasteiger partial charge in [0.1, 0.15) is 0 Å². The first-order chi connectivity index (χ1) is 8.12. The minimum absolute atomic E-state index is 0.0704. The van der Waals surface area contributed by atoms with Crippen LogP contribution in [0.25, 0.3) is 0 Å². The highest BCUT2D eigenvalue weighted by atomic mass is 16.5. The van der Waals surface area contributed by atoms with Crippen LogP contribution in [0.1, 0.15) is 46.5 Å². The SMILES string of the molecule is CCCN(C1CCNC1)C1CCOC(C)(C)C1. The lowest BCUT2D eigenvalue weighted by molar-refractivity contribution is -0.0882. The third-order valence-corrected chi connectivity index (χ3v) is 4.13. The van der Waals surface area contributed by atoms with Gasteiger partial charge >= 0.3 is 0 Å². The minimum atomic E-state index is 0.0704. The molecule has 2 aliphatic rings. The zero-order valence-electron chi connectivity index (χ0n) is 11.7. The maximum Gasteiger partial charge on any atom is 0.0641 e. The molecule has 2 atom stereocenters. The van der Waals surface area contributed by atoms with Crippen LogP contribution in [0.15, 0.2) is 0 Å². The standard InChI is InChI=1S/C14H28N2O/c1-4-8-16(13-5-7-15-11-13)12-6-9-17-14(2,3)10-12/h12-13,15H,4-11H2,1-3H3. The summed E-state index contributed by atoms with van der Waals surface area (Å²) in [5.41, 5.74) is 0.0704. The Bertz CT molecular complexity index is 236. The van der Waals surface area contributed by atoms with Crippen molar-refractivity contribution < 1.29 is 4.74 Å². The van der Waals surface area contributed by atoms with Gasteiger partial charge in [-0.25, -0.2) is 0 Å². The summed E-state index contributed by atoms with van der Waals surface area (Å²) in [5, 5.41) is 3.50. The van der Waals surface area contributed by atoms with Crippen molar-refractivity contribution in [2.24, 2.45) is 0 Å². The molecular weight excluding hydrogens is 212 g/mol. The molecular formula is C14H28N2O. The monoisotopic (exact) mass is 240 g/mol. The van der Waals surface area contributed by atoms with E-state index in [4.69, 9.17) is 4.74 Å². The molecule has 0 aromatic rings.